The summed E-state index contributed by atoms with van der Waals surface area (Å²) in [7, 11) is 1.65. The normalized spacial score (nSPS) is 28.2. The predicted molar refractivity (Wildman–Crippen MR) is 136 cm³/mol. The van der Waals surface area contributed by atoms with Gasteiger partial charge in [0.05, 0.1) is 32.6 Å². The first-order valence-corrected chi connectivity index (χ1v) is 12.9. The van der Waals surface area contributed by atoms with Crippen LogP contribution in [-0.2, 0) is 6.54 Å². The van der Waals surface area contributed by atoms with Gasteiger partial charge in [0.1, 0.15) is 23.2 Å². The third-order valence-electron chi connectivity index (χ3n) is 8.44. The van der Waals surface area contributed by atoms with Crippen LogP contribution < -0.4 is 20.7 Å². The molecule has 0 spiro atoms. The molecule has 36 heavy (non-hydrogen) atoms. The van der Waals surface area contributed by atoms with Crippen molar-refractivity contribution >= 4 is 11.8 Å². The Labute approximate surface area is 212 Å². The fourth-order valence-corrected chi connectivity index (χ4v) is 7.09. The van der Waals surface area contributed by atoms with Gasteiger partial charge in [-0.3, -0.25) is 0 Å². The van der Waals surface area contributed by atoms with Crippen LogP contribution in [0, 0.1) is 34.5 Å². The first-order valence-electron chi connectivity index (χ1n) is 12.9. The van der Waals surface area contributed by atoms with Crippen LogP contribution in [0.2, 0.25) is 0 Å². The molecule has 0 amide bonds. The van der Waals surface area contributed by atoms with E-state index in [2.05, 4.69) is 32.0 Å². The standard InChI is InChI=1S/C27H36N6O3/c1-36-23-5-3-2-4-18(23)12-29-26-30-13-21(11-28)25(33-26)31-16-27-8-17-6-19(9-27)24(20(7-17)10-27)32-22(14-34)15-35/h2-5,13,17,19-20,22,24,32,34-35H,6-10,12,14-16H2,1H3,(H2,29,30,31,33)/t17?,19-,20+,24?,27?. The fourth-order valence-electron chi connectivity index (χ4n) is 7.09. The molecule has 1 aromatic heterocycles. The number of aromatic nitrogens is 2. The van der Waals surface area contributed by atoms with E-state index in [9.17, 15) is 15.5 Å². The summed E-state index contributed by atoms with van der Waals surface area (Å²) in [5.74, 6) is 3.67. The van der Waals surface area contributed by atoms with Gasteiger partial charge < -0.3 is 30.9 Å². The number of rotatable bonds is 11. The van der Waals surface area contributed by atoms with Crippen molar-refractivity contribution in [3.8, 4) is 11.8 Å². The van der Waals surface area contributed by atoms with E-state index in [0.717, 1.165) is 36.6 Å². The van der Waals surface area contributed by atoms with Gasteiger partial charge in [-0.1, -0.05) is 18.2 Å². The first-order chi connectivity index (χ1) is 17.6. The van der Waals surface area contributed by atoms with Crippen molar-refractivity contribution in [3.05, 3.63) is 41.6 Å². The number of nitrogens with zero attached hydrogens (tertiary/aromatic N) is 3. The summed E-state index contributed by atoms with van der Waals surface area (Å²) in [4.78, 5) is 8.98. The molecule has 9 nitrogen and oxygen atoms in total. The zero-order valence-electron chi connectivity index (χ0n) is 20.8. The third-order valence-corrected chi connectivity index (χ3v) is 8.44. The van der Waals surface area contributed by atoms with E-state index in [1.54, 1.807) is 13.3 Å². The highest BCUT2D eigenvalue weighted by Gasteiger charge is 2.55. The van der Waals surface area contributed by atoms with E-state index in [1.165, 1.54) is 19.3 Å². The van der Waals surface area contributed by atoms with Crippen LogP contribution in [0.4, 0.5) is 11.8 Å². The number of nitrogens with one attached hydrogen (secondary N) is 3. The molecular weight excluding hydrogens is 456 g/mol. The van der Waals surface area contributed by atoms with Crippen LogP contribution in [0.3, 0.4) is 0 Å². The number of hydrogen-bond donors (Lipinski definition) is 5. The Morgan fingerprint density at radius 2 is 1.89 bits per heavy atom. The van der Waals surface area contributed by atoms with Crippen LogP contribution in [0.15, 0.2) is 30.5 Å². The SMILES string of the molecule is COc1ccccc1CNc1ncc(C#N)c(NCC23CC4C[C@H](C2)C(NC(CO)CO)[C@@H](C4)C3)n1. The average molecular weight is 493 g/mol. The van der Waals surface area contributed by atoms with E-state index in [-0.39, 0.29) is 24.7 Å². The van der Waals surface area contributed by atoms with Crippen molar-refractivity contribution in [3.63, 3.8) is 0 Å². The molecular formula is C27H36N6O3. The topological polar surface area (TPSA) is 135 Å². The second kappa shape index (κ2) is 10.6. The quantitative estimate of drug-likeness (QED) is 0.321. The van der Waals surface area contributed by atoms with E-state index in [1.807, 2.05) is 24.3 Å². The van der Waals surface area contributed by atoms with Crippen molar-refractivity contribution in [1.29, 1.82) is 5.26 Å². The molecule has 192 valence electrons. The number of ether oxygens (including phenoxy) is 1. The molecule has 1 aromatic carbocycles. The minimum absolute atomic E-state index is 0.0410. The Morgan fingerprint density at radius 1 is 1.14 bits per heavy atom. The first kappa shape index (κ1) is 24.8. The van der Waals surface area contributed by atoms with Gasteiger partial charge in [0.25, 0.3) is 0 Å². The summed E-state index contributed by atoms with van der Waals surface area (Å²) < 4.78 is 5.43. The van der Waals surface area contributed by atoms with Crippen molar-refractivity contribution in [2.75, 3.05) is 37.5 Å². The Morgan fingerprint density at radius 3 is 2.58 bits per heavy atom. The zero-order valence-corrected chi connectivity index (χ0v) is 20.8. The van der Waals surface area contributed by atoms with Crippen molar-refractivity contribution < 1.29 is 14.9 Å². The highest BCUT2D eigenvalue weighted by atomic mass is 16.5. The molecule has 0 saturated heterocycles. The molecule has 4 aliphatic rings. The second-order valence-electron chi connectivity index (χ2n) is 10.8. The molecule has 2 aromatic rings. The van der Waals surface area contributed by atoms with Crippen molar-refractivity contribution in [2.45, 2.75) is 50.7 Å². The minimum Gasteiger partial charge on any atom is -0.496 e. The number of aliphatic hydroxyl groups is 2. The number of anilines is 2. The van der Waals surface area contributed by atoms with Crippen LogP contribution in [0.5, 0.6) is 5.75 Å². The molecule has 4 aliphatic carbocycles. The molecule has 6 rings (SSSR count). The lowest BCUT2D eigenvalue weighted by molar-refractivity contribution is -0.0747. The fraction of sp³-hybridized carbons (Fsp3) is 0.593. The summed E-state index contributed by atoms with van der Waals surface area (Å²) in [6.45, 7) is 1.22. The van der Waals surface area contributed by atoms with E-state index in [4.69, 9.17) is 4.74 Å². The Kier molecular flexibility index (Phi) is 7.28. The maximum absolute atomic E-state index is 9.66. The number of methoxy groups -OCH3 is 1. The monoisotopic (exact) mass is 492 g/mol. The number of benzene rings is 1. The Hall–Kier alpha value is -2.93. The van der Waals surface area contributed by atoms with Crippen LogP contribution in [0.25, 0.3) is 0 Å². The highest BCUT2D eigenvalue weighted by molar-refractivity contribution is 5.53. The molecule has 4 bridgehead atoms. The lowest BCUT2D eigenvalue weighted by Gasteiger charge is -2.60. The second-order valence-corrected chi connectivity index (χ2v) is 10.8. The molecule has 4 fully saturated rings. The Bertz CT molecular complexity index is 1090. The maximum Gasteiger partial charge on any atom is 0.224 e. The smallest absolute Gasteiger partial charge is 0.224 e. The molecule has 9 heteroatoms. The van der Waals surface area contributed by atoms with Gasteiger partial charge in [0.15, 0.2) is 0 Å². The molecule has 0 aliphatic heterocycles. The summed E-state index contributed by atoms with van der Waals surface area (Å²) >= 11 is 0. The summed E-state index contributed by atoms with van der Waals surface area (Å²) in [6, 6.07) is 10.1. The number of nitriles is 1. The molecule has 5 N–H and O–H groups in total. The Balaban J connectivity index is 1.26. The maximum atomic E-state index is 9.66. The van der Waals surface area contributed by atoms with Gasteiger partial charge in [0, 0.05) is 24.7 Å². The third kappa shape index (κ3) is 4.99. The largest absolute Gasteiger partial charge is 0.496 e. The molecule has 4 saturated carbocycles. The van der Waals surface area contributed by atoms with Crippen molar-refractivity contribution in [1.82, 2.24) is 15.3 Å². The zero-order chi connectivity index (χ0) is 25.1. The van der Waals surface area contributed by atoms with Crippen LogP contribution >= 0.6 is 0 Å². The molecule has 0 radical (unpaired) electrons. The summed E-state index contributed by atoms with van der Waals surface area (Å²) in [5, 5.41) is 39.1. The lowest BCUT2D eigenvalue weighted by atomic mass is 9.48. The predicted octanol–water partition coefficient (Wildman–Crippen LogP) is 2.52. The van der Waals surface area contributed by atoms with Crippen LogP contribution in [-0.4, -0.2) is 59.1 Å². The van der Waals surface area contributed by atoms with Gasteiger partial charge in [0.2, 0.25) is 5.95 Å². The highest BCUT2D eigenvalue weighted by Crippen LogP contribution is 2.60. The van der Waals surface area contributed by atoms with Crippen molar-refractivity contribution in [2.24, 2.45) is 23.2 Å². The number of hydrogen-bond acceptors (Lipinski definition) is 9. The van der Waals surface area contributed by atoms with E-state index >= 15 is 0 Å². The molecule has 1 heterocycles. The summed E-state index contributed by atoms with van der Waals surface area (Å²) in [6.07, 6.45) is 7.43. The molecule has 3 unspecified atom stereocenters. The van der Waals surface area contributed by atoms with Gasteiger partial charge >= 0.3 is 0 Å². The van der Waals surface area contributed by atoms with E-state index in [0.29, 0.717) is 41.8 Å². The summed E-state index contributed by atoms with van der Waals surface area (Å²) in [5.41, 5.74) is 1.63. The number of para-hydroxylation sites is 1. The lowest BCUT2D eigenvalue weighted by Crippen LogP contribution is -2.61. The van der Waals surface area contributed by atoms with E-state index < -0.39 is 0 Å². The average Bonchev–Trinajstić information content (AvgIpc) is 2.90. The van der Waals surface area contributed by atoms with Gasteiger partial charge in [-0.25, -0.2) is 4.98 Å². The van der Waals surface area contributed by atoms with Gasteiger partial charge in [-0.05, 0) is 61.3 Å². The van der Waals surface area contributed by atoms with Crippen LogP contribution in [0.1, 0.15) is 43.2 Å². The number of aliphatic hydroxyl groups excluding tert-OH is 2. The van der Waals surface area contributed by atoms with Gasteiger partial charge in [-0.2, -0.15) is 10.2 Å². The molecule has 5 atom stereocenters. The minimum atomic E-state index is -0.248. The van der Waals surface area contributed by atoms with Gasteiger partial charge in [-0.15, -0.1) is 0 Å².